The van der Waals surface area contributed by atoms with Gasteiger partial charge in [0, 0.05) is 12.8 Å². The molecule has 12 heavy (non-hydrogen) atoms. The Bertz CT molecular complexity index is 87.2. The van der Waals surface area contributed by atoms with Gasteiger partial charge in [-0.1, -0.05) is 26.7 Å². The molecule has 0 fully saturated rings. The van der Waals surface area contributed by atoms with Crippen LogP contribution in [0.2, 0.25) is 0 Å². The second-order valence-corrected chi connectivity index (χ2v) is 2.75. The van der Waals surface area contributed by atoms with Crippen molar-refractivity contribution in [3.8, 4) is 0 Å². The first-order valence-corrected chi connectivity index (χ1v) is 4.83. The molecule has 0 aliphatic carbocycles. The lowest BCUT2D eigenvalue weighted by Gasteiger charge is -1.96. The average molecular weight is 170 g/mol. The zero-order valence-electron chi connectivity index (χ0n) is 8.57. The van der Waals surface area contributed by atoms with Crippen molar-refractivity contribution in [3.63, 3.8) is 0 Å². The molecule has 72 valence electrons. The van der Waals surface area contributed by atoms with Crippen molar-refractivity contribution in [1.29, 1.82) is 0 Å². The summed E-state index contributed by atoms with van der Waals surface area (Å²) in [6.07, 6.45) is 6.02. The number of hydrogen-bond acceptors (Lipinski definition) is 1. The highest BCUT2D eigenvalue weighted by Gasteiger charge is 1.98. The lowest BCUT2D eigenvalue weighted by atomic mass is 10.1. The Morgan fingerprint density at radius 3 is 1.58 bits per heavy atom. The van der Waals surface area contributed by atoms with E-state index in [1.54, 1.807) is 0 Å². The van der Waals surface area contributed by atoms with Crippen LogP contribution in [0, 0.1) is 0 Å². The lowest BCUT2D eigenvalue weighted by molar-refractivity contribution is -0.119. The van der Waals surface area contributed by atoms with Crippen LogP contribution in [0.3, 0.4) is 0 Å². The summed E-state index contributed by atoms with van der Waals surface area (Å²) in [7, 11) is 0. The van der Waals surface area contributed by atoms with Gasteiger partial charge in [0.1, 0.15) is 5.78 Å². The summed E-state index contributed by atoms with van der Waals surface area (Å²) < 4.78 is 0. The molecule has 0 aromatic heterocycles. The molecule has 0 bridgehead atoms. The smallest absolute Gasteiger partial charge is 0.132 e. The van der Waals surface area contributed by atoms with E-state index in [4.69, 9.17) is 0 Å². The van der Waals surface area contributed by atoms with E-state index in [9.17, 15) is 4.79 Å². The molecule has 0 aliphatic rings. The molecule has 0 spiro atoms. The summed E-state index contributed by atoms with van der Waals surface area (Å²) in [4.78, 5) is 11.0. The Morgan fingerprint density at radius 1 is 1.00 bits per heavy atom. The molecule has 1 heteroatoms. The van der Waals surface area contributed by atoms with E-state index in [1.807, 2.05) is 0 Å². The van der Waals surface area contributed by atoms with Crippen LogP contribution < -0.4 is 0 Å². The molecule has 0 atom stereocenters. The Morgan fingerprint density at radius 2 is 1.33 bits per heavy atom. The molecule has 0 saturated carbocycles. The zero-order chi connectivity index (χ0) is 9.82. The van der Waals surface area contributed by atoms with Crippen LogP contribution in [0.5, 0.6) is 0 Å². The first-order chi connectivity index (χ1) is 5.81. The van der Waals surface area contributed by atoms with Crippen molar-refractivity contribution in [2.24, 2.45) is 0 Å². The van der Waals surface area contributed by atoms with Gasteiger partial charge in [-0.3, -0.25) is 4.79 Å². The third kappa shape index (κ3) is 12.1. The largest absolute Gasteiger partial charge is 0.300 e. The number of Topliss-reactive ketones (excluding diaryl/α,β-unsaturated/α-hetero) is 1. The Hall–Kier alpha value is -0.590. The number of carbonyl (C=O) groups excluding carboxylic acids is 1. The van der Waals surface area contributed by atoms with Crippen LogP contribution in [0.25, 0.3) is 0 Å². The van der Waals surface area contributed by atoms with Crippen LogP contribution >= 0.6 is 0 Å². The fraction of sp³-hybridized carbons (Fsp3) is 0.727. The van der Waals surface area contributed by atoms with Crippen LogP contribution in [0.15, 0.2) is 13.2 Å². The van der Waals surface area contributed by atoms with Gasteiger partial charge in [-0.15, -0.1) is 13.2 Å². The Labute approximate surface area is 76.9 Å². The normalized spacial score (nSPS) is 8.50. The van der Waals surface area contributed by atoms with Crippen molar-refractivity contribution in [1.82, 2.24) is 0 Å². The van der Waals surface area contributed by atoms with E-state index < -0.39 is 0 Å². The second kappa shape index (κ2) is 13.0. The van der Waals surface area contributed by atoms with E-state index in [2.05, 4.69) is 27.0 Å². The van der Waals surface area contributed by atoms with Crippen LogP contribution in [0.4, 0.5) is 0 Å². The average Bonchev–Trinajstić information content (AvgIpc) is 2.14. The molecule has 0 aliphatic heterocycles. The minimum atomic E-state index is 0.448. The maximum atomic E-state index is 11.0. The fourth-order valence-electron chi connectivity index (χ4n) is 0.873. The Balaban J connectivity index is 0. The quantitative estimate of drug-likeness (QED) is 0.555. The first-order valence-electron chi connectivity index (χ1n) is 4.83. The highest BCUT2D eigenvalue weighted by atomic mass is 16.1. The van der Waals surface area contributed by atoms with Gasteiger partial charge in [0.15, 0.2) is 0 Å². The van der Waals surface area contributed by atoms with Crippen LogP contribution in [0.1, 0.15) is 52.4 Å². The molecule has 0 aromatic rings. The summed E-state index contributed by atoms with van der Waals surface area (Å²) >= 11 is 0. The third-order valence-electron chi connectivity index (χ3n) is 1.62. The number of ketones is 1. The standard InChI is InChI=1S/C9H18O.C2H4/c1-3-5-7-9(10)8-6-4-2;1-2/h3-8H2,1-2H3;1-2H2. The van der Waals surface area contributed by atoms with Gasteiger partial charge < -0.3 is 0 Å². The molecule has 0 heterocycles. The molecule has 0 N–H and O–H groups in total. The lowest BCUT2D eigenvalue weighted by Crippen LogP contribution is -1.96. The van der Waals surface area contributed by atoms with E-state index >= 15 is 0 Å². The molecule has 0 amide bonds. The number of hydrogen-bond donors (Lipinski definition) is 0. The number of carbonyl (C=O) groups is 1. The third-order valence-corrected chi connectivity index (χ3v) is 1.62. The highest BCUT2D eigenvalue weighted by Crippen LogP contribution is 2.02. The van der Waals surface area contributed by atoms with E-state index in [0.717, 1.165) is 38.5 Å². The summed E-state index contributed by atoms with van der Waals surface area (Å²) in [6.45, 7) is 10.2. The zero-order valence-corrected chi connectivity index (χ0v) is 8.57. The minimum Gasteiger partial charge on any atom is -0.300 e. The van der Waals surface area contributed by atoms with Gasteiger partial charge >= 0.3 is 0 Å². The van der Waals surface area contributed by atoms with Crippen LogP contribution in [-0.2, 0) is 4.79 Å². The summed E-state index contributed by atoms with van der Waals surface area (Å²) in [5.74, 6) is 0.448. The molecular formula is C11H22O. The van der Waals surface area contributed by atoms with Gasteiger partial charge in [0.05, 0.1) is 0 Å². The predicted octanol–water partition coefficient (Wildman–Crippen LogP) is 3.74. The van der Waals surface area contributed by atoms with E-state index in [-0.39, 0.29) is 0 Å². The van der Waals surface area contributed by atoms with Crippen molar-refractivity contribution in [2.75, 3.05) is 0 Å². The Kier molecular flexibility index (Phi) is 15.2. The summed E-state index contributed by atoms with van der Waals surface area (Å²) in [6, 6.07) is 0. The molecule has 0 radical (unpaired) electrons. The summed E-state index contributed by atoms with van der Waals surface area (Å²) in [5, 5.41) is 0. The van der Waals surface area contributed by atoms with Crippen LogP contribution in [-0.4, -0.2) is 5.78 Å². The molecule has 1 nitrogen and oxygen atoms in total. The van der Waals surface area contributed by atoms with Crippen molar-refractivity contribution < 1.29 is 4.79 Å². The topological polar surface area (TPSA) is 17.1 Å². The molecule has 0 rings (SSSR count). The second-order valence-electron chi connectivity index (χ2n) is 2.75. The van der Waals surface area contributed by atoms with Gasteiger partial charge in [0.25, 0.3) is 0 Å². The fourth-order valence-corrected chi connectivity index (χ4v) is 0.873. The van der Waals surface area contributed by atoms with Gasteiger partial charge in [-0.05, 0) is 12.8 Å². The van der Waals surface area contributed by atoms with Gasteiger partial charge in [-0.2, -0.15) is 0 Å². The SMILES string of the molecule is C=C.CCCCC(=O)CCCC. The maximum Gasteiger partial charge on any atom is 0.132 e. The van der Waals surface area contributed by atoms with Gasteiger partial charge in [-0.25, -0.2) is 0 Å². The highest BCUT2D eigenvalue weighted by molar-refractivity contribution is 5.78. The minimum absolute atomic E-state index is 0.448. The maximum absolute atomic E-state index is 11.0. The monoisotopic (exact) mass is 170 g/mol. The summed E-state index contributed by atoms with van der Waals surface area (Å²) in [5.41, 5.74) is 0. The molecule has 0 unspecified atom stereocenters. The van der Waals surface area contributed by atoms with Crippen molar-refractivity contribution in [2.45, 2.75) is 52.4 Å². The number of rotatable bonds is 6. The molecule has 0 aromatic carbocycles. The van der Waals surface area contributed by atoms with Crippen molar-refractivity contribution in [3.05, 3.63) is 13.2 Å². The molecular weight excluding hydrogens is 148 g/mol. The van der Waals surface area contributed by atoms with E-state index in [0.29, 0.717) is 5.78 Å². The van der Waals surface area contributed by atoms with Crippen molar-refractivity contribution >= 4 is 5.78 Å². The van der Waals surface area contributed by atoms with Gasteiger partial charge in [0.2, 0.25) is 0 Å². The number of unbranched alkanes of at least 4 members (excludes halogenated alkanes) is 2. The van der Waals surface area contributed by atoms with E-state index in [1.165, 1.54) is 0 Å². The predicted molar refractivity (Wildman–Crippen MR) is 55.3 cm³/mol. The first kappa shape index (κ1) is 14.0. The molecule has 0 saturated heterocycles.